The number of aromatic amines is 1. The Morgan fingerprint density at radius 1 is 1.58 bits per heavy atom. The number of benzene rings is 1. The van der Waals surface area contributed by atoms with E-state index >= 15 is 0 Å². The molecular weight excluding hydrogens is 376 g/mol. The van der Waals surface area contributed by atoms with Crippen molar-refractivity contribution >= 4 is 35.0 Å². The van der Waals surface area contributed by atoms with Crippen LogP contribution < -0.4 is 11.0 Å². The van der Waals surface area contributed by atoms with Crippen molar-refractivity contribution in [2.45, 2.75) is 49.7 Å². The van der Waals surface area contributed by atoms with Gasteiger partial charge >= 0.3 is 5.69 Å². The third kappa shape index (κ3) is 4.31. The maximum absolute atomic E-state index is 12.5. The van der Waals surface area contributed by atoms with Gasteiger partial charge in [0.15, 0.2) is 5.16 Å². The molecule has 140 valence electrons. The molecule has 0 unspecified atom stereocenters. The van der Waals surface area contributed by atoms with E-state index in [-0.39, 0.29) is 17.7 Å². The molecule has 2 heterocycles. The van der Waals surface area contributed by atoms with Gasteiger partial charge in [0, 0.05) is 17.3 Å². The van der Waals surface area contributed by atoms with Gasteiger partial charge in [-0.15, -0.1) is 5.10 Å². The van der Waals surface area contributed by atoms with E-state index in [2.05, 4.69) is 15.5 Å². The third-order valence-electron chi connectivity index (χ3n) is 4.31. The van der Waals surface area contributed by atoms with E-state index in [1.54, 1.807) is 25.1 Å². The summed E-state index contributed by atoms with van der Waals surface area (Å²) in [5.41, 5.74) is 1.20. The normalized spacial score (nSPS) is 18.0. The van der Waals surface area contributed by atoms with Crippen LogP contribution in [0.15, 0.2) is 28.2 Å². The molecule has 26 heavy (non-hydrogen) atoms. The number of ether oxygens (including phenoxy) is 1. The van der Waals surface area contributed by atoms with Crippen molar-refractivity contribution in [2.24, 2.45) is 0 Å². The fraction of sp³-hybridized carbons (Fsp3) is 0.471. The molecule has 0 bridgehead atoms. The summed E-state index contributed by atoms with van der Waals surface area (Å²) >= 11 is 7.32. The van der Waals surface area contributed by atoms with Gasteiger partial charge in [-0.25, -0.2) is 9.89 Å². The molecule has 3 rings (SSSR count). The molecule has 0 radical (unpaired) electrons. The molecule has 1 aliphatic rings. The first-order valence-corrected chi connectivity index (χ1v) is 9.71. The lowest BCUT2D eigenvalue weighted by molar-refractivity contribution is -0.115. The van der Waals surface area contributed by atoms with Gasteiger partial charge in [0.1, 0.15) is 0 Å². The molecule has 0 saturated carbocycles. The first-order valence-electron chi connectivity index (χ1n) is 8.45. The molecule has 1 aliphatic heterocycles. The van der Waals surface area contributed by atoms with Crippen molar-refractivity contribution in [3.05, 3.63) is 39.3 Å². The quantitative estimate of drug-likeness (QED) is 0.733. The van der Waals surface area contributed by atoms with Crippen LogP contribution >= 0.6 is 23.4 Å². The average Bonchev–Trinajstić information content (AvgIpc) is 3.24. The van der Waals surface area contributed by atoms with Crippen LogP contribution in [0.2, 0.25) is 5.02 Å². The molecule has 2 atom stereocenters. The lowest BCUT2D eigenvalue weighted by Gasteiger charge is -2.15. The number of amides is 1. The smallest absolute Gasteiger partial charge is 0.344 e. The number of thioether (sulfide) groups is 1. The zero-order chi connectivity index (χ0) is 18.7. The summed E-state index contributed by atoms with van der Waals surface area (Å²) in [5.74, 6) is -0.181. The minimum atomic E-state index is -0.438. The molecule has 1 saturated heterocycles. The van der Waals surface area contributed by atoms with Crippen molar-refractivity contribution in [1.82, 2.24) is 14.8 Å². The molecule has 2 aromatic rings. The fourth-order valence-corrected chi connectivity index (χ4v) is 3.77. The highest BCUT2D eigenvalue weighted by atomic mass is 35.5. The summed E-state index contributed by atoms with van der Waals surface area (Å²) < 4.78 is 7.13. The summed E-state index contributed by atoms with van der Waals surface area (Å²) in [5, 5.41) is 10.0. The molecule has 1 fully saturated rings. The topological polar surface area (TPSA) is 89.0 Å². The molecule has 1 aromatic carbocycles. The van der Waals surface area contributed by atoms with Gasteiger partial charge in [0.05, 0.1) is 17.9 Å². The second-order valence-electron chi connectivity index (χ2n) is 6.22. The van der Waals surface area contributed by atoms with Crippen LogP contribution in [0.5, 0.6) is 0 Å². The van der Waals surface area contributed by atoms with Gasteiger partial charge in [0.2, 0.25) is 5.91 Å². The largest absolute Gasteiger partial charge is 0.376 e. The number of carbonyl (C=O) groups excluding carboxylic acids is 1. The molecule has 1 amide bonds. The predicted molar refractivity (Wildman–Crippen MR) is 102 cm³/mol. The highest BCUT2D eigenvalue weighted by Gasteiger charge is 2.23. The SMILES string of the molecule is Cc1c(Cl)cccc1NC(=O)[C@H](C)Sc1n[nH]c(=O)n1C[C@@H]1CCCO1. The highest BCUT2D eigenvalue weighted by Crippen LogP contribution is 2.26. The fourth-order valence-electron chi connectivity index (χ4n) is 2.74. The second kappa shape index (κ2) is 8.28. The summed E-state index contributed by atoms with van der Waals surface area (Å²) in [4.78, 5) is 24.5. The monoisotopic (exact) mass is 396 g/mol. The lowest BCUT2D eigenvalue weighted by Crippen LogP contribution is -2.27. The number of hydrogen-bond acceptors (Lipinski definition) is 5. The van der Waals surface area contributed by atoms with E-state index in [0.717, 1.165) is 25.0 Å². The van der Waals surface area contributed by atoms with Crippen molar-refractivity contribution in [3.8, 4) is 0 Å². The van der Waals surface area contributed by atoms with Gasteiger partial charge in [0.25, 0.3) is 0 Å². The number of nitrogens with one attached hydrogen (secondary N) is 2. The van der Waals surface area contributed by atoms with Gasteiger partial charge in [-0.3, -0.25) is 9.36 Å². The number of H-pyrrole nitrogens is 1. The molecule has 1 aromatic heterocycles. The Labute approximate surface area is 160 Å². The van der Waals surface area contributed by atoms with E-state index in [9.17, 15) is 9.59 Å². The highest BCUT2D eigenvalue weighted by molar-refractivity contribution is 8.00. The first kappa shape index (κ1) is 19.0. The maximum Gasteiger partial charge on any atom is 0.344 e. The number of aromatic nitrogens is 3. The molecule has 7 nitrogen and oxygen atoms in total. The van der Waals surface area contributed by atoms with Crippen LogP contribution in [-0.2, 0) is 16.1 Å². The van der Waals surface area contributed by atoms with Crippen LogP contribution in [-0.4, -0.2) is 38.6 Å². The summed E-state index contributed by atoms with van der Waals surface area (Å²) in [6, 6.07) is 5.37. The number of hydrogen-bond donors (Lipinski definition) is 2. The standard InChI is InChI=1S/C17H21ClN4O3S/c1-10-13(18)6-3-7-14(10)19-15(23)11(2)26-17-21-20-16(24)22(17)9-12-5-4-8-25-12/h3,6-7,11-12H,4-5,8-9H2,1-2H3,(H,19,23)(H,20,24)/t11-,12-/m0/s1. The van der Waals surface area contributed by atoms with E-state index in [0.29, 0.717) is 22.4 Å². The number of rotatable bonds is 6. The van der Waals surface area contributed by atoms with Crippen molar-refractivity contribution in [2.75, 3.05) is 11.9 Å². The lowest BCUT2D eigenvalue weighted by atomic mass is 10.2. The minimum Gasteiger partial charge on any atom is -0.376 e. The van der Waals surface area contributed by atoms with Crippen molar-refractivity contribution < 1.29 is 9.53 Å². The summed E-state index contributed by atoms with van der Waals surface area (Å²) in [7, 11) is 0. The van der Waals surface area contributed by atoms with Crippen molar-refractivity contribution in [3.63, 3.8) is 0 Å². The molecular formula is C17H21ClN4O3S. The number of carbonyl (C=O) groups is 1. The van der Waals surface area contributed by atoms with E-state index in [4.69, 9.17) is 16.3 Å². The molecule has 2 N–H and O–H groups in total. The van der Waals surface area contributed by atoms with Gasteiger partial charge in [-0.1, -0.05) is 29.4 Å². The Balaban J connectivity index is 1.67. The average molecular weight is 397 g/mol. The Morgan fingerprint density at radius 3 is 3.12 bits per heavy atom. The zero-order valence-corrected chi connectivity index (χ0v) is 16.2. The van der Waals surface area contributed by atoms with Crippen LogP contribution in [0.3, 0.4) is 0 Å². The second-order valence-corrected chi connectivity index (χ2v) is 7.93. The van der Waals surface area contributed by atoms with Crippen LogP contribution in [0.25, 0.3) is 0 Å². The van der Waals surface area contributed by atoms with Crippen LogP contribution in [0.4, 0.5) is 5.69 Å². The number of halogens is 1. The Bertz CT molecular complexity index is 845. The van der Waals surface area contributed by atoms with Gasteiger partial charge < -0.3 is 10.1 Å². The van der Waals surface area contributed by atoms with Gasteiger partial charge in [-0.2, -0.15) is 0 Å². The molecule has 9 heteroatoms. The predicted octanol–water partition coefficient (Wildman–Crippen LogP) is 2.83. The maximum atomic E-state index is 12.5. The Morgan fingerprint density at radius 2 is 2.38 bits per heavy atom. The van der Waals surface area contributed by atoms with E-state index < -0.39 is 5.25 Å². The third-order valence-corrected chi connectivity index (χ3v) is 5.81. The summed E-state index contributed by atoms with van der Waals surface area (Å²) in [6.45, 7) is 4.79. The van der Waals surface area contributed by atoms with E-state index in [1.165, 1.54) is 16.3 Å². The Kier molecular flexibility index (Phi) is 6.05. The first-order chi connectivity index (χ1) is 12.5. The number of anilines is 1. The van der Waals surface area contributed by atoms with Gasteiger partial charge in [-0.05, 0) is 44.4 Å². The van der Waals surface area contributed by atoms with E-state index in [1.807, 2.05) is 6.92 Å². The molecule has 0 aliphatic carbocycles. The Hall–Kier alpha value is -1.77. The molecule has 0 spiro atoms. The van der Waals surface area contributed by atoms with Crippen LogP contribution in [0, 0.1) is 6.92 Å². The zero-order valence-electron chi connectivity index (χ0n) is 14.6. The van der Waals surface area contributed by atoms with Crippen molar-refractivity contribution in [1.29, 1.82) is 0 Å². The summed E-state index contributed by atoms with van der Waals surface area (Å²) in [6.07, 6.45) is 1.94. The van der Waals surface area contributed by atoms with Crippen LogP contribution in [0.1, 0.15) is 25.3 Å². The minimum absolute atomic E-state index is 0.0166. The number of nitrogens with zero attached hydrogens (tertiary/aromatic N) is 2.